The molecule has 2 heterocycles. The first-order valence-electron chi connectivity index (χ1n) is 6.02. The molecule has 90 valence electrons. The molecular formula is C13H16ClN3. The summed E-state index contributed by atoms with van der Waals surface area (Å²) in [6, 6.07) is 6.01. The van der Waals surface area contributed by atoms with Crippen LogP contribution in [-0.4, -0.2) is 36.1 Å². The van der Waals surface area contributed by atoms with Gasteiger partial charge in [0.1, 0.15) is 0 Å². The summed E-state index contributed by atoms with van der Waals surface area (Å²) in [4.78, 5) is 5.75. The van der Waals surface area contributed by atoms with E-state index in [1.807, 2.05) is 12.1 Å². The zero-order chi connectivity index (χ0) is 11.7. The Morgan fingerprint density at radius 2 is 2.06 bits per heavy atom. The molecule has 0 unspecified atom stereocenters. The van der Waals surface area contributed by atoms with Crippen molar-refractivity contribution in [2.45, 2.75) is 6.54 Å². The van der Waals surface area contributed by atoms with Gasteiger partial charge in [-0.1, -0.05) is 17.7 Å². The van der Waals surface area contributed by atoms with Gasteiger partial charge in [0.2, 0.25) is 0 Å². The zero-order valence-electron chi connectivity index (χ0n) is 9.67. The van der Waals surface area contributed by atoms with Gasteiger partial charge in [-0.25, -0.2) is 0 Å². The van der Waals surface area contributed by atoms with E-state index in [-0.39, 0.29) is 0 Å². The summed E-state index contributed by atoms with van der Waals surface area (Å²) < 4.78 is 0. The van der Waals surface area contributed by atoms with Gasteiger partial charge < -0.3 is 10.3 Å². The lowest BCUT2D eigenvalue weighted by molar-refractivity contribution is 0.234. The lowest BCUT2D eigenvalue weighted by Gasteiger charge is -2.26. The molecule has 0 amide bonds. The molecule has 17 heavy (non-hydrogen) atoms. The molecule has 3 rings (SSSR count). The van der Waals surface area contributed by atoms with E-state index in [0.717, 1.165) is 43.3 Å². The first kappa shape index (κ1) is 11.1. The van der Waals surface area contributed by atoms with E-state index in [0.29, 0.717) is 0 Å². The van der Waals surface area contributed by atoms with Crippen LogP contribution in [0.4, 0.5) is 0 Å². The monoisotopic (exact) mass is 249 g/mol. The van der Waals surface area contributed by atoms with E-state index in [4.69, 9.17) is 11.6 Å². The largest absolute Gasteiger partial charge is 0.361 e. The maximum absolute atomic E-state index is 6.27. The van der Waals surface area contributed by atoms with Gasteiger partial charge >= 0.3 is 0 Å². The normalized spacial score (nSPS) is 17.7. The van der Waals surface area contributed by atoms with Gasteiger partial charge in [-0.15, -0.1) is 0 Å². The third-order valence-electron chi connectivity index (χ3n) is 3.34. The highest BCUT2D eigenvalue weighted by molar-refractivity contribution is 6.35. The number of aromatic nitrogens is 1. The Kier molecular flexibility index (Phi) is 3.05. The number of aromatic amines is 1. The highest BCUT2D eigenvalue weighted by Crippen LogP contribution is 2.27. The van der Waals surface area contributed by atoms with E-state index in [2.05, 4.69) is 27.5 Å². The van der Waals surface area contributed by atoms with Crippen LogP contribution in [0.15, 0.2) is 24.4 Å². The minimum Gasteiger partial charge on any atom is -0.361 e. The maximum Gasteiger partial charge on any atom is 0.0503 e. The summed E-state index contributed by atoms with van der Waals surface area (Å²) >= 11 is 6.27. The number of nitrogens with zero attached hydrogens (tertiary/aromatic N) is 1. The van der Waals surface area contributed by atoms with E-state index in [1.165, 1.54) is 10.9 Å². The third-order valence-corrected chi connectivity index (χ3v) is 3.66. The zero-order valence-corrected chi connectivity index (χ0v) is 10.4. The SMILES string of the molecule is Clc1cccc2[nH]cc(CN3CCNCC3)c12. The molecule has 0 radical (unpaired) electrons. The van der Waals surface area contributed by atoms with Crippen molar-refractivity contribution in [3.8, 4) is 0 Å². The summed E-state index contributed by atoms with van der Waals surface area (Å²) in [5, 5.41) is 5.38. The Hall–Kier alpha value is -1.03. The second kappa shape index (κ2) is 4.69. The molecule has 1 aromatic heterocycles. The molecule has 1 aliphatic heterocycles. The smallest absolute Gasteiger partial charge is 0.0503 e. The molecule has 1 aliphatic rings. The Balaban J connectivity index is 1.89. The highest BCUT2D eigenvalue weighted by atomic mass is 35.5. The summed E-state index contributed by atoms with van der Waals surface area (Å²) in [6.07, 6.45) is 2.08. The molecule has 0 saturated carbocycles. The van der Waals surface area contributed by atoms with Gasteiger partial charge in [-0.05, 0) is 17.7 Å². The average molecular weight is 250 g/mol. The molecule has 0 atom stereocenters. The standard InChI is InChI=1S/C13H16ClN3/c14-11-2-1-3-12-13(11)10(8-16-12)9-17-6-4-15-5-7-17/h1-3,8,15-16H,4-7,9H2. The van der Waals surface area contributed by atoms with E-state index in [1.54, 1.807) is 0 Å². The second-order valence-corrected chi connectivity index (χ2v) is 4.91. The van der Waals surface area contributed by atoms with E-state index >= 15 is 0 Å². The Morgan fingerprint density at radius 1 is 1.24 bits per heavy atom. The van der Waals surface area contributed by atoms with Crippen molar-refractivity contribution in [1.29, 1.82) is 0 Å². The number of benzene rings is 1. The lowest BCUT2D eigenvalue weighted by Crippen LogP contribution is -2.42. The van der Waals surface area contributed by atoms with Gasteiger partial charge in [0.15, 0.2) is 0 Å². The number of nitrogens with one attached hydrogen (secondary N) is 2. The van der Waals surface area contributed by atoms with Gasteiger partial charge in [0.25, 0.3) is 0 Å². The fourth-order valence-electron chi connectivity index (χ4n) is 2.44. The number of rotatable bonds is 2. The number of piperazine rings is 1. The van der Waals surface area contributed by atoms with Gasteiger partial charge in [0, 0.05) is 49.8 Å². The minimum absolute atomic E-state index is 0.842. The van der Waals surface area contributed by atoms with Crippen molar-refractivity contribution in [1.82, 2.24) is 15.2 Å². The highest BCUT2D eigenvalue weighted by Gasteiger charge is 2.13. The van der Waals surface area contributed by atoms with Crippen molar-refractivity contribution >= 4 is 22.5 Å². The molecule has 1 aromatic carbocycles. The number of halogens is 1. The molecule has 0 spiro atoms. The maximum atomic E-state index is 6.27. The van der Waals surface area contributed by atoms with Crippen LogP contribution in [0.3, 0.4) is 0 Å². The fourth-order valence-corrected chi connectivity index (χ4v) is 2.74. The molecular weight excluding hydrogens is 234 g/mol. The Labute approximate surface area is 106 Å². The van der Waals surface area contributed by atoms with Crippen LogP contribution in [0.25, 0.3) is 10.9 Å². The average Bonchev–Trinajstić information content (AvgIpc) is 2.75. The minimum atomic E-state index is 0.842. The quantitative estimate of drug-likeness (QED) is 0.855. The van der Waals surface area contributed by atoms with Crippen LogP contribution in [0.5, 0.6) is 0 Å². The predicted octanol–water partition coefficient (Wildman–Crippen LogP) is 2.23. The number of fused-ring (bicyclic) bond motifs is 1. The summed E-state index contributed by atoms with van der Waals surface area (Å²) in [5.74, 6) is 0. The molecule has 1 saturated heterocycles. The topological polar surface area (TPSA) is 31.1 Å². The Morgan fingerprint density at radius 3 is 2.88 bits per heavy atom. The molecule has 4 heteroatoms. The van der Waals surface area contributed by atoms with Crippen LogP contribution in [0, 0.1) is 0 Å². The van der Waals surface area contributed by atoms with Crippen LogP contribution in [0.1, 0.15) is 5.56 Å². The number of H-pyrrole nitrogens is 1. The van der Waals surface area contributed by atoms with Gasteiger partial charge in [-0.2, -0.15) is 0 Å². The van der Waals surface area contributed by atoms with Crippen molar-refractivity contribution in [3.05, 3.63) is 35.0 Å². The van der Waals surface area contributed by atoms with E-state index < -0.39 is 0 Å². The van der Waals surface area contributed by atoms with E-state index in [9.17, 15) is 0 Å². The molecule has 0 bridgehead atoms. The summed E-state index contributed by atoms with van der Waals surface area (Å²) in [7, 11) is 0. The van der Waals surface area contributed by atoms with Crippen LogP contribution in [-0.2, 0) is 6.54 Å². The third kappa shape index (κ3) is 2.18. The van der Waals surface area contributed by atoms with Gasteiger partial charge in [0.05, 0.1) is 5.02 Å². The molecule has 0 aliphatic carbocycles. The number of hydrogen-bond acceptors (Lipinski definition) is 2. The first-order valence-corrected chi connectivity index (χ1v) is 6.40. The van der Waals surface area contributed by atoms with Crippen molar-refractivity contribution in [3.63, 3.8) is 0 Å². The predicted molar refractivity (Wildman–Crippen MR) is 71.5 cm³/mol. The lowest BCUT2D eigenvalue weighted by atomic mass is 10.1. The summed E-state index contributed by atoms with van der Waals surface area (Å²) in [6.45, 7) is 5.35. The molecule has 2 aromatic rings. The van der Waals surface area contributed by atoms with Crippen molar-refractivity contribution in [2.75, 3.05) is 26.2 Å². The first-order chi connectivity index (χ1) is 8.34. The summed E-state index contributed by atoms with van der Waals surface area (Å²) in [5.41, 5.74) is 2.43. The fraction of sp³-hybridized carbons (Fsp3) is 0.385. The molecule has 2 N–H and O–H groups in total. The van der Waals surface area contributed by atoms with Crippen molar-refractivity contribution in [2.24, 2.45) is 0 Å². The van der Waals surface area contributed by atoms with Gasteiger partial charge in [-0.3, -0.25) is 4.90 Å². The van der Waals surface area contributed by atoms with Crippen LogP contribution < -0.4 is 5.32 Å². The Bertz CT molecular complexity index is 514. The second-order valence-electron chi connectivity index (χ2n) is 4.50. The molecule has 3 nitrogen and oxygen atoms in total. The molecule has 1 fully saturated rings. The van der Waals surface area contributed by atoms with Crippen LogP contribution >= 0.6 is 11.6 Å². The van der Waals surface area contributed by atoms with Crippen LogP contribution in [0.2, 0.25) is 5.02 Å². The van der Waals surface area contributed by atoms with Crippen molar-refractivity contribution < 1.29 is 0 Å². The number of hydrogen-bond donors (Lipinski definition) is 2.